The minimum absolute atomic E-state index is 0.428. The van der Waals surface area contributed by atoms with Gasteiger partial charge in [0.2, 0.25) is 0 Å². The number of primary amides is 1. The average Bonchev–Trinajstić information content (AvgIpc) is 2.88. The van der Waals surface area contributed by atoms with Crippen LogP contribution in [0.5, 0.6) is 0 Å². The summed E-state index contributed by atoms with van der Waals surface area (Å²) in [5.74, 6) is -0.463. The van der Waals surface area contributed by atoms with Gasteiger partial charge in [-0.1, -0.05) is 6.42 Å². The molecule has 0 bridgehead atoms. The van der Waals surface area contributed by atoms with Gasteiger partial charge >= 0.3 is 0 Å². The van der Waals surface area contributed by atoms with E-state index in [9.17, 15) is 4.79 Å². The number of carbonyl (C=O) groups is 1. The summed E-state index contributed by atoms with van der Waals surface area (Å²) in [6.07, 6.45) is 6.93. The number of aromatic amines is 1. The molecule has 1 aliphatic heterocycles. The first-order valence-corrected chi connectivity index (χ1v) is 6.53. The van der Waals surface area contributed by atoms with Crippen LogP contribution in [0.4, 0.5) is 5.69 Å². The van der Waals surface area contributed by atoms with Crippen molar-refractivity contribution in [1.82, 2.24) is 15.0 Å². The number of hydrogen-bond acceptors (Lipinski definition) is 4. The number of aromatic nitrogens is 2. The standard InChI is InChI=1S/C13H17N5O/c14-12(19)10-8-16-13-9(4-5-15-13)11(10)17-18-6-2-1-3-7-18/h4-5,8H,1-3,6-7H2,(H2,14,19)(H2,15,16,17). The lowest BCUT2D eigenvalue weighted by molar-refractivity contribution is 0.100. The molecule has 100 valence electrons. The van der Waals surface area contributed by atoms with Gasteiger partial charge in [0.25, 0.3) is 5.91 Å². The molecular formula is C13H17N5O. The third-order valence-electron chi connectivity index (χ3n) is 3.48. The lowest BCUT2D eigenvalue weighted by Gasteiger charge is -2.28. The van der Waals surface area contributed by atoms with E-state index in [2.05, 4.69) is 20.4 Å². The molecule has 1 amide bonds. The number of amides is 1. The first-order chi connectivity index (χ1) is 9.25. The molecule has 1 fully saturated rings. The van der Waals surface area contributed by atoms with Crippen LogP contribution in [0, 0.1) is 0 Å². The van der Waals surface area contributed by atoms with Gasteiger partial charge in [0.05, 0.1) is 11.3 Å². The molecule has 0 atom stereocenters. The number of nitrogens with one attached hydrogen (secondary N) is 2. The molecule has 1 saturated heterocycles. The molecule has 0 spiro atoms. The number of piperidine rings is 1. The van der Waals surface area contributed by atoms with E-state index in [1.807, 2.05) is 12.3 Å². The van der Waals surface area contributed by atoms with E-state index in [-0.39, 0.29) is 0 Å². The van der Waals surface area contributed by atoms with Gasteiger partial charge in [0.15, 0.2) is 0 Å². The molecule has 1 aliphatic rings. The molecule has 0 radical (unpaired) electrons. The SMILES string of the molecule is NC(=O)c1cnc2[nH]ccc2c1NN1CCCCC1. The highest BCUT2D eigenvalue weighted by atomic mass is 16.1. The molecule has 4 N–H and O–H groups in total. The molecule has 0 aromatic carbocycles. The number of nitrogens with zero attached hydrogens (tertiary/aromatic N) is 2. The van der Waals surface area contributed by atoms with Gasteiger partial charge in [0, 0.05) is 30.9 Å². The van der Waals surface area contributed by atoms with Crippen LogP contribution in [0.1, 0.15) is 29.6 Å². The fraction of sp³-hybridized carbons (Fsp3) is 0.385. The third kappa shape index (κ3) is 2.26. The lowest BCUT2D eigenvalue weighted by atomic mass is 10.1. The summed E-state index contributed by atoms with van der Waals surface area (Å²) in [5, 5.41) is 3.03. The molecule has 3 rings (SSSR count). The summed E-state index contributed by atoms with van der Waals surface area (Å²) in [4.78, 5) is 18.8. The van der Waals surface area contributed by atoms with Gasteiger partial charge in [-0.2, -0.15) is 0 Å². The maximum Gasteiger partial charge on any atom is 0.252 e. The number of anilines is 1. The minimum atomic E-state index is -0.463. The number of rotatable bonds is 3. The van der Waals surface area contributed by atoms with Crippen LogP contribution < -0.4 is 11.2 Å². The zero-order valence-electron chi connectivity index (χ0n) is 10.6. The fourth-order valence-electron chi connectivity index (χ4n) is 2.48. The molecule has 0 unspecified atom stereocenters. The van der Waals surface area contributed by atoms with Gasteiger partial charge in [-0.15, -0.1) is 0 Å². The zero-order valence-corrected chi connectivity index (χ0v) is 10.6. The van der Waals surface area contributed by atoms with Crippen molar-refractivity contribution in [1.29, 1.82) is 0 Å². The molecule has 3 heterocycles. The summed E-state index contributed by atoms with van der Waals surface area (Å²) >= 11 is 0. The molecule has 2 aromatic heterocycles. The third-order valence-corrected chi connectivity index (χ3v) is 3.48. The van der Waals surface area contributed by atoms with Crippen molar-refractivity contribution in [3.05, 3.63) is 24.0 Å². The Kier molecular flexibility index (Phi) is 3.08. The summed E-state index contributed by atoms with van der Waals surface area (Å²) < 4.78 is 0. The van der Waals surface area contributed by atoms with Crippen molar-refractivity contribution < 1.29 is 4.79 Å². The second-order valence-electron chi connectivity index (χ2n) is 4.81. The monoisotopic (exact) mass is 259 g/mol. The predicted molar refractivity (Wildman–Crippen MR) is 73.7 cm³/mol. The van der Waals surface area contributed by atoms with Crippen molar-refractivity contribution in [3.8, 4) is 0 Å². The highest BCUT2D eigenvalue weighted by Gasteiger charge is 2.17. The second-order valence-corrected chi connectivity index (χ2v) is 4.81. The van der Waals surface area contributed by atoms with Crippen molar-refractivity contribution in [2.75, 3.05) is 18.5 Å². The van der Waals surface area contributed by atoms with E-state index in [1.54, 1.807) is 0 Å². The summed E-state index contributed by atoms with van der Waals surface area (Å²) in [7, 11) is 0. The molecule has 2 aromatic rings. The van der Waals surface area contributed by atoms with Crippen molar-refractivity contribution >= 4 is 22.6 Å². The average molecular weight is 259 g/mol. The maximum absolute atomic E-state index is 11.5. The van der Waals surface area contributed by atoms with E-state index < -0.39 is 5.91 Å². The predicted octanol–water partition coefficient (Wildman–Crippen LogP) is 1.47. The van der Waals surface area contributed by atoms with Crippen LogP contribution in [-0.4, -0.2) is 34.0 Å². The van der Waals surface area contributed by atoms with Gasteiger partial charge < -0.3 is 16.1 Å². The van der Waals surface area contributed by atoms with E-state index >= 15 is 0 Å². The molecule has 6 nitrogen and oxygen atoms in total. The number of nitrogens with two attached hydrogens (primary N) is 1. The number of fused-ring (bicyclic) bond motifs is 1. The van der Waals surface area contributed by atoms with Crippen LogP contribution in [0.3, 0.4) is 0 Å². The molecular weight excluding hydrogens is 242 g/mol. The molecule has 0 saturated carbocycles. The minimum Gasteiger partial charge on any atom is -0.365 e. The molecule has 0 aliphatic carbocycles. The molecule has 19 heavy (non-hydrogen) atoms. The summed E-state index contributed by atoms with van der Waals surface area (Å²) in [6, 6.07) is 1.90. The quantitative estimate of drug-likeness (QED) is 0.779. The van der Waals surface area contributed by atoms with E-state index in [0.29, 0.717) is 5.56 Å². The normalized spacial score (nSPS) is 16.6. The van der Waals surface area contributed by atoms with Crippen LogP contribution in [0.25, 0.3) is 11.0 Å². The number of pyridine rings is 1. The van der Waals surface area contributed by atoms with Gasteiger partial charge in [-0.25, -0.2) is 9.99 Å². The highest BCUT2D eigenvalue weighted by Crippen LogP contribution is 2.26. The smallest absolute Gasteiger partial charge is 0.252 e. The Bertz CT molecular complexity index is 600. The first-order valence-electron chi connectivity index (χ1n) is 6.53. The Morgan fingerprint density at radius 3 is 2.89 bits per heavy atom. The maximum atomic E-state index is 11.5. The fourth-order valence-corrected chi connectivity index (χ4v) is 2.48. The van der Waals surface area contributed by atoms with Crippen LogP contribution in [-0.2, 0) is 0 Å². The number of carbonyl (C=O) groups excluding carboxylic acids is 1. The Morgan fingerprint density at radius 1 is 1.37 bits per heavy atom. The summed E-state index contributed by atoms with van der Waals surface area (Å²) in [6.45, 7) is 1.96. The largest absolute Gasteiger partial charge is 0.365 e. The van der Waals surface area contributed by atoms with Gasteiger partial charge in [-0.05, 0) is 18.9 Å². The zero-order chi connectivity index (χ0) is 13.2. The Labute approximate surface area is 111 Å². The Balaban J connectivity index is 2.00. The van der Waals surface area contributed by atoms with Gasteiger partial charge in [0.1, 0.15) is 5.65 Å². The lowest BCUT2D eigenvalue weighted by Crippen LogP contribution is -2.35. The van der Waals surface area contributed by atoms with Crippen molar-refractivity contribution in [2.45, 2.75) is 19.3 Å². The Morgan fingerprint density at radius 2 is 2.16 bits per heavy atom. The van der Waals surface area contributed by atoms with Crippen LogP contribution >= 0.6 is 0 Å². The number of H-pyrrole nitrogens is 1. The van der Waals surface area contributed by atoms with E-state index in [1.165, 1.54) is 25.5 Å². The van der Waals surface area contributed by atoms with Crippen LogP contribution in [0.15, 0.2) is 18.5 Å². The van der Waals surface area contributed by atoms with Gasteiger partial charge in [-0.3, -0.25) is 4.79 Å². The topological polar surface area (TPSA) is 87.0 Å². The van der Waals surface area contributed by atoms with E-state index in [4.69, 9.17) is 5.73 Å². The molecule has 6 heteroatoms. The number of hydrogen-bond donors (Lipinski definition) is 3. The summed E-state index contributed by atoms with van der Waals surface area (Å²) in [5.41, 5.74) is 10.7. The highest BCUT2D eigenvalue weighted by molar-refractivity contribution is 6.05. The van der Waals surface area contributed by atoms with Crippen LogP contribution in [0.2, 0.25) is 0 Å². The Hall–Kier alpha value is -2.08. The van der Waals surface area contributed by atoms with E-state index in [0.717, 1.165) is 29.8 Å². The van der Waals surface area contributed by atoms with Crippen molar-refractivity contribution in [2.24, 2.45) is 5.73 Å². The second kappa shape index (κ2) is 4.89. The van der Waals surface area contributed by atoms with Crippen molar-refractivity contribution in [3.63, 3.8) is 0 Å². The first kappa shape index (κ1) is 12.0. The number of hydrazine groups is 1.